The number of hydrogen-bond acceptors (Lipinski definition) is 4. The molecule has 0 aliphatic heterocycles. The molecule has 0 aliphatic carbocycles. The summed E-state index contributed by atoms with van der Waals surface area (Å²) >= 11 is 0. The van der Waals surface area contributed by atoms with E-state index in [2.05, 4.69) is 0 Å². The highest BCUT2D eigenvalue weighted by atomic mass is 16.3. The summed E-state index contributed by atoms with van der Waals surface area (Å²) in [5, 5.41) is 8.36. The normalized spacial score (nSPS) is 13.4. The van der Waals surface area contributed by atoms with Crippen molar-refractivity contribution in [3.8, 4) is 0 Å². The lowest BCUT2D eigenvalue weighted by atomic mass is 10.3. The summed E-state index contributed by atoms with van der Waals surface area (Å²) in [4.78, 5) is 10.3. The minimum atomic E-state index is -1.05. The molecule has 0 saturated carbocycles. The lowest BCUT2D eigenvalue weighted by molar-refractivity contribution is -0.119. The molecule has 0 radical (unpaired) electrons. The highest BCUT2D eigenvalue weighted by molar-refractivity contribution is 5.80. The molecule has 4 nitrogen and oxygen atoms in total. The second kappa shape index (κ2) is 3.54. The number of rotatable bonds is 3. The first-order chi connectivity index (χ1) is 3.66. The Morgan fingerprint density at radius 3 is 2.38 bits per heavy atom. The number of carbonyl (C=O) groups excluding carboxylic acids is 1. The number of hydrogen-bond donors (Lipinski definition) is 3. The van der Waals surface area contributed by atoms with Crippen molar-refractivity contribution >= 4 is 5.78 Å². The molecule has 0 saturated heterocycles. The van der Waals surface area contributed by atoms with Crippen LogP contribution in [0.1, 0.15) is 6.42 Å². The zero-order valence-electron chi connectivity index (χ0n) is 4.50. The molecule has 0 aromatic rings. The second-order valence-corrected chi connectivity index (χ2v) is 1.51. The lowest BCUT2D eigenvalue weighted by Crippen LogP contribution is -2.26. The summed E-state index contributed by atoms with van der Waals surface area (Å²) in [5.74, 6) is -0.222. The van der Waals surface area contributed by atoms with Gasteiger partial charge in [0.25, 0.3) is 0 Å². The number of aliphatic hydroxyl groups is 1. The first kappa shape index (κ1) is 7.55. The summed E-state index contributed by atoms with van der Waals surface area (Å²) in [6.07, 6.45) is -1.10. The van der Waals surface area contributed by atoms with Crippen molar-refractivity contribution in [3.05, 3.63) is 0 Å². The highest BCUT2D eigenvalue weighted by Crippen LogP contribution is 1.81. The average molecular weight is 118 g/mol. The van der Waals surface area contributed by atoms with Crippen LogP contribution >= 0.6 is 0 Å². The predicted molar refractivity (Wildman–Crippen MR) is 28.9 cm³/mol. The topological polar surface area (TPSA) is 89.3 Å². The Kier molecular flexibility index (Phi) is 3.34. The van der Waals surface area contributed by atoms with Crippen LogP contribution < -0.4 is 11.5 Å². The number of aliphatic hydroxyl groups excluding tert-OH is 1. The lowest BCUT2D eigenvalue weighted by Gasteiger charge is -1.98. The Balaban J connectivity index is 3.25. The summed E-state index contributed by atoms with van der Waals surface area (Å²) < 4.78 is 0. The van der Waals surface area contributed by atoms with Gasteiger partial charge in [0.15, 0.2) is 0 Å². The van der Waals surface area contributed by atoms with E-state index in [1.165, 1.54) is 0 Å². The van der Waals surface area contributed by atoms with Crippen LogP contribution in [-0.4, -0.2) is 23.7 Å². The summed E-state index contributed by atoms with van der Waals surface area (Å²) in [6, 6.07) is 0. The van der Waals surface area contributed by atoms with Crippen LogP contribution in [0.2, 0.25) is 0 Å². The van der Waals surface area contributed by atoms with Crippen LogP contribution in [-0.2, 0) is 4.79 Å². The van der Waals surface area contributed by atoms with Crippen molar-refractivity contribution in [3.63, 3.8) is 0 Å². The zero-order valence-corrected chi connectivity index (χ0v) is 4.50. The first-order valence-electron chi connectivity index (χ1n) is 2.32. The van der Waals surface area contributed by atoms with E-state index in [-0.39, 0.29) is 18.7 Å². The summed E-state index contributed by atoms with van der Waals surface area (Å²) in [5.41, 5.74) is 9.75. The van der Waals surface area contributed by atoms with Gasteiger partial charge in [-0.3, -0.25) is 4.79 Å². The molecular formula is C4H10N2O2. The maximum absolute atomic E-state index is 10.3. The number of carbonyl (C=O) groups is 1. The molecule has 8 heavy (non-hydrogen) atoms. The van der Waals surface area contributed by atoms with Crippen LogP contribution in [0.3, 0.4) is 0 Å². The molecule has 1 atom stereocenters. The van der Waals surface area contributed by atoms with Crippen molar-refractivity contribution in [1.82, 2.24) is 0 Å². The van der Waals surface area contributed by atoms with E-state index in [1.807, 2.05) is 0 Å². The third kappa shape index (κ3) is 3.73. The monoisotopic (exact) mass is 118 g/mol. The smallest absolute Gasteiger partial charge is 0.150 e. The number of Topliss-reactive ketones (excluding diaryl/α,β-unsaturated/α-hetero) is 1. The van der Waals surface area contributed by atoms with Crippen LogP contribution in [0.25, 0.3) is 0 Å². The van der Waals surface area contributed by atoms with Crippen molar-refractivity contribution in [2.75, 3.05) is 6.54 Å². The molecule has 0 aromatic carbocycles. The molecule has 48 valence electrons. The molecule has 0 heterocycles. The second-order valence-electron chi connectivity index (χ2n) is 1.51. The third-order valence-corrected chi connectivity index (χ3v) is 0.664. The molecule has 1 unspecified atom stereocenters. The molecule has 0 bridgehead atoms. The van der Waals surface area contributed by atoms with Crippen molar-refractivity contribution in [2.24, 2.45) is 11.5 Å². The maximum atomic E-state index is 10.3. The minimum Gasteiger partial charge on any atom is -0.378 e. The van der Waals surface area contributed by atoms with Gasteiger partial charge in [-0.25, -0.2) is 0 Å². The van der Waals surface area contributed by atoms with Crippen molar-refractivity contribution in [1.29, 1.82) is 0 Å². The largest absolute Gasteiger partial charge is 0.378 e. The standard InChI is InChI=1S/C4H10N2O2/c5-2-3(7)1-4(6)8/h4,8H,1-2,5-6H2. The molecule has 0 fully saturated rings. The Labute approximate surface area is 47.5 Å². The molecule has 5 N–H and O–H groups in total. The highest BCUT2D eigenvalue weighted by Gasteiger charge is 2.01. The Bertz CT molecular complexity index is 82.1. The van der Waals surface area contributed by atoms with Crippen molar-refractivity contribution < 1.29 is 9.90 Å². The van der Waals surface area contributed by atoms with E-state index < -0.39 is 6.23 Å². The maximum Gasteiger partial charge on any atom is 0.150 e. The minimum absolute atomic E-state index is 0.0451. The fourth-order valence-corrected chi connectivity index (χ4v) is 0.317. The number of ketones is 1. The van der Waals surface area contributed by atoms with Gasteiger partial charge in [-0.1, -0.05) is 0 Å². The van der Waals surface area contributed by atoms with E-state index >= 15 is 0 Å². The Morgan fingerprint density at radius 1 is 1.75 bits per heavy atom. The number of nitrogens with two attached hydrogens (primary N) is 2. The Morgan fingerprint density at radius 2 is 2.25 bits per heavy atom. The van der Waals surface area contributed by atoms with E-state index in [0.717, 1.165) is 0 Å². The van der Waals surface area contributed by atoms with Gasteiger partial charge in [0.05, 0.1) is 6.54 Å². The van der Waals surface area contributed by atoms with Gasteiger partial charge in [-0.15, -0.1) is 0 Å². The van der Waals surface area contributed by atoms with Gasteiger partial charge < -0.3 is 16.6 Å². The van der Waals surface area contributed by atoms with E-state index in [9.17, 15) is 4.79 Å². The van der Waals surface area contributed by atoms with E-state index in [4.69, 9.17) is 16.6 Å². The first-order valence-corrected chi connectivity index (χ1v) is 2.32. The van der Waals surface area contributed by atoms with Gasteiger partial charge in [-0.2, -0.15) is 0 Å². The van der Waals surface area contributed by atoms with E-state index in [1.54, 1.807) is 0 Å². The SMILES string of the molecule is NCC(=O)CC(N)O. The molecule has 0 rings (SSSR count). The molecule has 0 aliphatic rings. The summed E-state index contributed by atoms with van der Waals surface area (Å²) in [7, 11) is 0. The zero-order chi connectivity index (χ0) is 6.57. The van der Waals surface area contributed by atoms with Gasteiger partial charge in [0.2, 0.25) is 0 Å². The Hall–Kier alpha value is -0.450. The fourth-order valence-electron chi connectivity index (χ4n) is 0.317. The van der Waals surface area contributed by atoms with Gasteiger partial charge in [0, 0.05) is 6.42 Å². The van der Waals surface area contributed by atoms with Gasteiger partial charge in [-0.05, 0) is 0 Å². The van der Waals surface area contributed by atoms with Crippen LogP contribution in [0.4, 0.5) is 0 Å². The molecule has 0 aromatic heterocycles. The molecule has 0 amide bonds. The predicted octanol–water partition coefficient (Wildman–Crippen LogP) is -1.82. The fraction of sp³-hybridized carbons (Fsp3) is 0.750. The van der Waals surface area contributed by atoms with Crippen LogP contribution in [0.5, 0.6) is 0 Å². The quantitative estimate of drug-likeness (QED) is 0.381. The van der Waals surface area contributed by atoms with Gasteiger partial charge in [0.1, 0.15) is 12.0 Å². The van der Waals surface area contributed by atoms with Gasteiger partial charge >= 0.3 is 0 Å². The molecule has 4 heteroatoms. The molecule has 0 spiro atoms. The third-order valence-electron chi connectivity index (χ3n) is 0.664. The van der Waals surface area contributed by atoms with Crippen molar-refractivity contribution in [2.45, 2.75) is 12.6 Å². The van der Waals surface area contributed by atoms with E-state index in [0.29, 0.717) is 0 Å². The van der Waals surface area contributed by atoms with Crippen LogP contribution in [0, 0.1) is 0 Å². The molecular weight excluding hydrogens is 108 g/mol. The summed E-state index contributed by atoms with van der Waals surface area (Å²) in [6.45, 7) is -0.0474. The van der Waals surface area contributed by atoms with Crippen LogP contribution in [0.15, 0.2) is 0 Å². The average Bonchev–Trinajstić information content (AvgIpc) is 1.65.